The first-order valence-corrected chi connectivity index (χ1v) is 10.6. The number of likely N-dealkylation sites (tertiary alicyclic amines) is 1. The van der Waals surface area contributed by atoms with Gasteiger partial charge in [-0.3, -0.25) is 4.90 Å². The predicted molar refractivity (Wildman–Crippen MR) is 120 cm³/mol. The summed E-state index contributed by atoms with van der Waals surface area (Å²) in [6, 6.07) is 17.8. The Hall–Kier alpha value is -2.43. The first kappa shape index (κ1) is 19.9. The molecule has 1 fully saturated rings. The average molecular weight is 389 g/mol. The largest absolute Gasteiger partial charge is 0.306 e. The van der Waals surface area contributed by atoms with Gasteiger partial charge in [0.05, 0.1) is 11.4 Å². The lowest BCUT2D eigenvalue weighted by atomic mass is 10.0. The Morgan fingerprint density at radius 3 is 2.48 bits per heavy atom. The summed E-state index contributed by atoms with van der Waals surface area (Å²) in [6.07, 6.45) is 4.70. The summed E-state index contributed by atoms with van der Waals surface area (Å²) >= 11 is 0. The molecule has 1 aliphatic heterocycles. The summed E-state index contributed by atoms with van der Waals surface area (Å²) in [5.41, 5.74) is 7.23. The summed E-state index contributed by atoms with van der Waals surface area (Å²) in [5.74, 6) is 0. The Bertz CT molecular complexity index is 952. The van der Waals surface area contributed by atoms with Gasteiger partial charge in [0, 0.05) is 29.9 Å². The van der Waals surface area contributed by atoms with E-state index in [2.05, 4.69) is 97.2 Å². The number of nitrogens with zero attached hydrogens (tertiary/aromatic N) is 4. The lowest BCUT2D eigenvalue weighted by molar-refractivity contribution is 0.139. The summed E-state index contributed by atoms with van der Waals surface area (Å²) in [5, 5.41) is 5.04. The van der Waals surface area contributed by atoms with Crippen LogP contribution in [0, 0.1) is 13.8 Å². The smallest absolute Gasteiger partial charge is 0.0972 e. The van der Waals surface area contributed by atoms with E-state index in [1.807, 2.05) is 0 Å². The van der Waals surface area contributed by atoms with Gasteiger partial charge in [-0.1, -0.05) is 42.5 Å². The Labute approximate surface area is 174 Å². The van der Waals surface area contributed by atoms with Gasteiger partial charge in [-0.15, -0.1) is 0 Å². The monoisotopic (exact) mass is 388 g/mol. The van der Waals surface area contributed by atoms with Gasteiger partial charge < -0.3 is 4.90 Å². The van der Waals surface area contributed by atoms with Crippen LogP contribution >= 0.6 is 0 Å². The Kier molecular flexibility index (Phi) is 5.84. The van der Waals surface area contributed by atoms with Crippen LogP contribution in [0.25, 0.3) is 16.9 Å². The average Bonchev–Trinajstić information content (AvgIpc) is 3.14. The van der Waals surface area contributed by atoms with Crippen molar-refractivity contribution in [2.75, 3.05) is 27.2 Å². The molecule has 0 spiro atoms. The first-order valence-electron chi connectivity index (χ1n) is 10.6. The van der Waals surface area contributed by atoms with Crippen LogP contribution in [0.15, 0.2) is 54.7 Å². The lowest BCUT2D eigenvalue weighted by Gasteiger charge is -2.35. The van der Waals surface area contributed by atoms with Gasteiger partial charge in [0.15, 0.2) is 0 Å². The van der Waals surface area contributed by atoms with E-state index in [0.717, 1.165) is 17.9 Å². The summed E-state index contributed by atoms with van der Waals surface area (Å²) in [6.45, 7) is 7.58. The van der Waals surface area contributed by atoms with E-state index in [1.54, 1.807) is 0 Å². The van der Waals surface area contributed by atoms with Crippen molar-refractivity contribution in [2.24, 2.45) is 0 Å². The molecule has 4 nitrogen and oxygen atoms in total. The van der Waals surface area contributed by atoms with Crippen LogP contribution in [0.1, 0.15) is 29.5 Å². The van der Waals surface area contributed by atoms with Crippen molar-refractivity contribution in [3.63, 3.8) is 0 Å². The van der Waals surface area contributed by atoms with Crippen molar-refractivity contribution >= 4 is 0 Å². The summed E-state index contributed by atoms with van der Waals surface area (Å²) < 4.78 is 2.07. The second kappa shape index (κ2) is 8.52. The van der Waals surface area contributed by atoms with E-state index < -0.39 is 0 Å². The zero-order chi connectivity index (χ0) is 20.4. The number of aromatic nitrogens is 2. The fraction of sp³-hybridized carbons (Fsp3) is 0.400. The number of hydrogen-bond acceptors (Lipinski definition) is 3. The zero-order valence-electron chi connectivity index (χ0n) is 18.1. The van der Waals surface area contributed by atoms with Crippen LogP contribution < -0.4 is 0 Å². The van der Waals surface area contributed by atoms with Crippen molar-refractivity contribution in [3.8, 4) is 16.9 Å². The molecule has 0 amide bonds. The highest BCUT2D eigenvalue weighted by Gasteiger charge is 2.22. The molecule has 0 saturated carbocycles. The van der Waals surface area contributed by atoms with E-state index in [0.29, 0.717) is 6.04 Å². The minimum atomic E-state index is 0.638. The molecule has 3 aromatic rings. The van der Waals surface area contributed by atoms with Crippen molar-refractivity contribution in [2.45, 2.75) is 39.3 Å². The maximum absolute atomic E-state index is 5.04. The second-order valence-corrected chi connectivity index (χ2v) is 8.55. The molecule has 2 aromatic carbocycles. The number of piperidine rings is 1. The van der Waals surface area contributed by atoms with E-state index >= 15 is 0 Å². The van der Waals surface area contributed by atoms with Gasteiger partial charge in [-0.05, 0) is 71.1 Å². The maximum atomic E-state index is 5.04. The molecular formula is C25H32N4. The third-order valence-electron chi connectivity index (χ3n) is 6.18. The normalized spacial score (nSPS) is 15.9. The minimum Gasteiger partial charge on any atom is -0.306 e. The van der Waals surface area contributed by atoms with Crippen LogP contribution in [0.3, 0.4) is 0 Å². The van der Waals surface area contributed by atoms with Crippen molar-refractivity contribution in [1.29, 1.82) is 0 Å². The van der Waals surface area contributed by atoms with Crippen LogP contribution in [-0.2, 0) is 6.54 Å². The lowest BCUT2D eigenvalue weighted by Crippen LogP contribution is -2.41. The molecule has 4 rings (SSSR count). The molecule has 0 unspecified atom stereocenters. The van der Waals surface area contributed by atoms with Crippen LogP contribution in [0.2, 0.25) is 0 Å². The molecule has 0 N–H and O–H groups in total. The molecule has 0 bridgehead atoms. The molecule has 0 radical (unpaired) electrons. The predicted octanol–water partition coefficient (Wildman–Crippen LogP) is 4.68. The number of rotatable bonds is 5. The van der Waals surface area contributed by atoms with Gasteiger partial charge in [0.2, 0.25) is 0 Å². The Morgan fingerprint density at radius 1 is 1.03 bits per heavy atom. The van der Waals surface area contributed by atoms with Gasteiger partial charge in [0.1, 0.15) is 0 Å². The van der Waals surface area contributed by atoms with Gasteiger partial charge in [-0.2, -0.15) is 5.10 Å². The Balaban J connectivity index is 1.68. The molecule has 1 aliphatic rings. The molecule has 29 heavy (non-hydrogen) atoms. The molecular weight excluding hydrogens is 356 g/mol. The highest BCUT2D eigenvalue weighted by atomic mass is 15.3. The zero-order valence-corrected chi connectivity index (χ0v) is 18.1. The van der Waals surface area contributed by atoms with Gasteiger partial charge >= 0.3 is 0 Å². The van der Waals surface area contributed by atoms with E-state index in [4.69, 9.17) is 5.10 Å². The number of benzene rings is 2. The molecule has 152 valence electrons. The molecule has 1 saturated heterocycles. The van der Waals surface area contributed by atoms with Crippen LogP contribution in [0.5, 0.6) is 0 Å². The van der Waals surface area contributed by atoms with Crippen LogP contribution in [-0.4, -0.2) is 52.8 Å². The van der Waals surface area contributed by atoms with Crippen LogP contribution in [0.4, 0.5) is 0 Å². The third kappa shape index (κ3) is 4.44. The van der Waals surface area contributed by atoms with Gasteiger partial charge in [0.25, 0.3) is 0 Å². The number of aryl methyl sites for hydroxylation is 2. The molecule has 2 heterocycles. The topological polar surface area (TPSA) is 24.3 Å². The standard InChI is InChI=1S/C25H32N4/c1-19-10-11-20(2)24(16-19)29-18-22(25(26-29)21-8-6-5-7-9-21)17-28(4)23-12-14-27(3)15-13-23/h5-11,16,18,23H,12-15,17H2,1-4H3. The number of hydrogen-bond donors (Lipinski definition) is 0. The quantitative estimate of drug-likeness (QED) is 0.634. The molecule has 4 heteroatoms. The van der Waals surface area contributed by atoms with E-state index in [9.17, 15) is 0 Å². The fourth-order valence-corrected chi connectivity index (χ4v) is 4.29. The third-order valence-corrected chi connectivity index (χ3v) is 6.18. The van der Waals surface area contributed by atoms with Crippen molar-refractivity contribution < 1.29 is 0 Å². The molecule has 0 aliphatic carbocycles. The fourth-order valence-electron chi connectivity index (χ4n) is 4.29. The maximum Gasteiger partial charge on any atom is 0.0972 e. The summed E-state index contributed by atoms with van der Waals surface area (Å²) in [7, 11) is 4.48. The Morgan fingerprint density at radius 2 is 1.76 bits per heavy atom. The van der Waals surface area contributed by atoms with E-state index in [-0.39, 0.29) is 0 Å². The minimum absolute atomic E-state index is 0.638. The molecule has 0 atom stereocenters. The van der Waals surface area contributed by atoms with Crippen molar-refractivity contribution in [1.82, 2.24) is 19.6 Å². The van der Waals surface area contributed by atoms with Crippen molar-refractivity contribution in [3.05, 3.63) is 71.4 Å². The van der Waals surface area contributed by atoms with Gasteiger partial charge in [-0.25, -0.2) is 4.68 Å². The van der Waals surface area contributed by atoms with E-state index in [1.165, 1.54) is 48.2 Å². The second-order valence-electron chi connectivity index (χ2n) is 8.55. The first-order chi connectivity index (χ1) is 14.0. The molecule has 1 aromatic heterocycles. The highest BCUT2D eigenvalue weighted by molar-refractivity contribution is 5.63. The SMILES string of the molecule is Cc1ccc(C)c(-n2cc(CN(C)C3CCN(C)CC3)c(-c3ccccc3)n2)c1. The highest BCUT2D eigenvalue weighted by Crippen LogP contribution is 2.27. The summed E-state index contributed by atoms with van der Waals surface area (Å²) in [4.78, 5) is 4.95.